The van der Waals surface area contributed by atoms with Gasteiger partial charge in [0.2, 0.25) is 11.8 Å². The van der Waals surface area contributed by atoms with E-state index >= 15 is 0 Å². The summed E-state index contributed by atoms with van der Waals surface area (Å²) in [5, 5.41) is 0. The van der Waals surface area contributed by atoms with E-state index in [1.165, 1.54) is 11.8 Å². The number of hydrogen-bond donors (Lipinski definition) is 0. The third-order valence-corrected chi connectivity index (χ3v) is 3.24. The van der Waals surface area contributed by atoms with Gasteiger partial charge in [-0.2, -0.15) is 0 Å². The minimum atomic E-state index is -0.102. The first-order valence-electron chi connectivity index (χ1n) is 6.12. The summed E-state index contributed by atoms with van der Waals surface area (Å²) in [7, 11) is 0. The summed E-state index contributed by atoms with van der Waals surface area (Å²) in [6.07, 6.45) is 2.75. The first kappa shape index (κ1) is 13.2. The molecule has 92 valence electrons. The van der Waals surface area contributed by atoms with E-state index in [-0.39, 0.29) is 29.2 Å². The van der Waals surface area contributed by atoms with Gasteiger partial charge in [0.1, 0.15) is 0 Å². The maximum absolute atomic E-state index is 12.3. The Hall–Kier alpha value is -0.860. The molecule has 0 aromatic rings. The Morgan fingerprint density at radius 1 is 1.31 bits per heavy atom. The Balaban J connectivity index is 2.84. The number of imide groups is 1. The van der Waals surface area contributed by atoms with E-state index in [2.05, 4.69) is 20.8 Å². The van der Waals surface area contributed by atoms with Crippen molar-refractivity contribution >= 4 is 11.8 Å². The smallest absolute Gasteiger partial charge is 0.233 e. The summed E-state index contributed by atoms with van der Waals surface area (Å²) in [6, 6.07) is 0.182. The molecule has 1 atom stereocenters. The molecular weight excluding hydrogens is 202 g/mol. The van der Waals surface area contributed by atoms with Gasteiger partial charge >= 0.3 is 0 Å². The molecule has 3 heteroatoms. The lowest BCUT2D eigenvalue weighted by molar-refractivity contribution is -0.149. The van der Waals surface area contributed by atoms with E-state index < -0.39 is 0 Å². The minimum Gasteiger partial charge on any atom is -0.280 e. The molecule has 1 aliphatic carbocycles. The van der Waals surface area contributed by atoms with Gasteiger partial charge in [0.25, 0.3) is 0 Å². The number of hydrogen-bond acceptors (Lipinski definition) is 2. The van der Waals surface area contributed by atoms with Crippen LogP contribution in [0, 0.1) is 11.3 Å². The Bertz CT molecular complexity index is 287. The monoisotopic (exact) mass is 225 g/mol. The van der Waals surface area contributed by atoms with Gasteiger partial charge < -0.3 is 0 Å². The van der Waals surface area contributed by atoms with Gasteiger partial charge in [-0.25, -0.2) is 0 Å². The van der Waals surface area contributed by atoms with Gasteiger partial charge in [0.15, 0.2) is 0 Å². The molecule has 0 aromatic carbocycles. The molecule has 16 heavy (non-hydrogen) atoms. The quantitative estimate of drug-likeness (QED) is 0.740. The summed E-state index contributed by atoms with van der Waals surface area (Å²) >= 11 is 0. The highest BCUT2D eigenvalue weighted by Gasteiger charge is 2.41. The van der Waals surface area contributed by atoms with Crippen LogP contribution in [0.15, 0.2) is 0 Å². The molecule has 3 nitrogen and oxygen atoms in total. The van der Waals surface area contributed by atoms with Crippen molar-refractivity contribution in [3.8, 4) is 0 Å². The number of amides is 2. The Kier molecular flexibility index (Phi) is 3.76. The first-order valence-corrected chi connectivity index (χ1v) is 6.12. The summed E-state index contributed by atoms with van der Waals surface area (Å²) in [5.74, 6) is -0.141. The zero-order chi connectivity index (χ0) is 12.5. The lowest BCUT2D eigenvalue weighted by Crippen LogP contribution is -2.44. The van der Waals surface area contributed by atoms with Crippen LogP contribution < -0.4 is 0 Å². The van der Waals surface area contributed by atoms with Crippen molar-refractivity contribution in [2.75, 3.05) is 0 Å². The second-order valence-corrected chi connectivity index (χ2v) is 5.79. The normalized spacial score (nSPS) is 18.1. The van der Waals surface area contributed by atoms with Crippen LogP contribution in [0.3, 0.4) is 0 Å². The maximum Gasteiger partial charge on any atom is 0.233 e. The summed E-state index contributed by atoms with van der Waals surface area (Å²) in [5.41, 5.74) is -0.0750. The molecule has 1 aliphatic rings. The maximum atomic E-state index is 12.3. The van der Waals surface area contributed by atoms with Crippen LogP contribution in [-0.2, 0) is 9.59 Å². The lowest BCUT2D eigenvalue weighted by Gasteiger charge is -2.32. The largest absolute Gasteiger partial charge is 0.280 e. The molecule has 0 unspecified atom stereocenters. The highest BCUT2D eigenvalue weighted by molar-refractivity contribution is 5.96. The van der Waals surface area contributed by atoms with Crippen LogP contribution in [-0.4, -0.2) is 22.8 Å². The average molecular weight is 225 g/mol. The van der Waals surface area contributed by atoms with Crippen LogP contribution >= 0.6 is 0 Å². The van der Waals surface area contributed by atoms with Crippen LogP contribution in [0.2, 0.25) is 0 Å². The fraction of sp³-hybridized carbons (Fsp3) is 0.846. The van der Waals surface area contributed by atoms with E-state index in [4.69, 9.17) is 0 Å². The fourth-order valence-corrected chi connectivity index (χ4v) is 2.25. The molecule has 1 saturated carbocycles. The highest BCUT2D eigenvalue weighted by atomic mass is 16.2. The number of nitrogens with zero attached hydrogens (tertiary/aromatic N) is 1. The Morgan fingerprint density at radius 3 is 2.06 bits per heavy atom. The minimum absolute atomic E-state index is 0.0185. The molecular formula is C13H23NO2. The molecule has 1 rings (SSSR count). The summed E-state index contributed by atoms with van der Waals surface area (Å²) in [6.45, 7) is 9.68. The van der Waals surface area contributed by atoms with Gasteiger partial charge in [0.05, 0.1) is 0 Å². The average Bonchev–Trinajstić information content (AvgIpc) is 2.85. The van der Waals surface area contributed by atoms with Gasteiger partial charge in [-0.05, 0) is 24.7 Å². The molecule has 1 fully saturated rings. The highest BCUT2D eigenvalue weighted by Crippen LogP contribution is 2.34. The van der Waals surface area contributed by atoms with Crippen LogP contribution in [0.1, 0.15) is 53.9 Å². The summed E-state index contributed by atoms with van der Waals surface area (Å²) in [4.78, 5) is 25.4. The standard InChI is InChI=1S/C13H23NO2/c1-6-11(13(3,4)5)12(16)14(9(2)15)10-7-8-10/h10-11H,6-8H2,1-5H3/t11-/m0/s1. The molecule has 0 N–H and O–H groups in total. The molecule has 0 bridgehead atoms. The Labute approximate surface area is 98.2 Å². The van der Waals surface area contributed by atoms with Crippen LogP contribution in [0.25, 0.3) is 0 Å². The predicted octanol–water partition coefficient (Wildman–Crippen LogP) is 2.60. The SMILES string of the molecule is CC[C@@H](C(=O)N(C(C)=O)C1CC1)C(C)(C)C. The molecule has 0 aliphatic heterocycles. The van der Waals surface area contributed by atoms with Gasteiger partial charge in [-0.1, -0.05) is 27.7 Å². The zero-order valence-electron chi connectivity index (χ0n) is 11.0. The van der Waals surface area contributed by atoms with Crippen molar-refractivity contribution in [2.24, 2.45) is 11.3 Å². The van der Waals surface area contributed by atoms with Crippen LogP contribution in [0.5, 0.6) is 0 Å². The summed E-state index contributed by atoms with van der Waals surface area (Å²) < 4.78 is 0. The van der Waals surface area contributed by atoms with Crippen LogP contribution in [0.4, 0.5) is 0 Å². The van der Waals surface area contributed by atoms with Gasteiger partial charge in [-0.3, -0.25) is 14.5 Å². The molecule has 0 spiro atoms. The molecule has 2 amide bonds. The van der Waals surface area contributed by atoms with Crippen molar-refractivity contribution in [1.29, 1.82) is 0 Å². The number of carbonyl (C=O) groups excluding carboxylic acids is 2. The Morgan fingerprint density at radius 2 is 1.81 bits per heavy atom. The van der Waals surface area contributed by atoms with E-state index in [9.17, 15) is 9.59 Å². The fourth-order valence-electron chi connectivity index (χ4n) is 2.25. The lowest BCUT2D eigenvalue weighted by atomic mass is 9.78. The van der Waals surface area contributed by atoms with Crippen molar-refractivity contribution in [3.63, 3.8) is 0 Å². The van der Waals surface area contributed by atoms with Crippen molar-refractivity contribution in [1.82, 2.24) is 4.90 Å². The van der Waals surface area contributed by atoms with E-state index in [0.717, 1.165) is 19.3 Å². The van der Waals surface area contributed by atoms with Gasteiger partial charge in [-0.15, -0.1) is 0 Å². The van der Waals surface area contributed by atoms with Crippen molar-refractivity contribution in [3.05, 3.63) is 0 Å². The first-order chi connectivity index (χ1) is 7.29. The molecule has 0 radical (unpaired) electrons. The predicted molar refractivity (Wildman–Crippen MR) is 63.8 cm³/mol. The van der Waals surface area contributed by atoms with Crippen molar-refractivity contribution in [2.45, 2.75) is 59.9 Å². The molecule has 0 aromatic heterocycles. The van der Waals surface area contributed by atoms with E-state index in [1.807, 2.05) is 6.92 Å². The molecule has 0 heterocycles. The molecule has 0 saturated heterocycles. The second kappa shape index (κ2) is 4.56. The van der Waals surface area contributed by atoms with E-state index in [0.29, 0.717) is 0 Å². The third-order valence-electron chi connectivity index (χ3n) is 3.24. The topological polar surface area (TPSA) is 37.4 Å². The van der Waals surface area contributed by atoms with Crippen molar-refractivity contribution < 1.29 is 9.59 Å². The number of rotatable bonds is 3. The van der Waals surface area contributed by atoms with E-state index in [1.54, 1.807) is 0 Å². The second-order valence-electron chi connectivity index (χ2n) is 5.79. The zero-order valence-corrected chi connectivity index (χ0v) is 11.0. The van der Waals surface area contributed by atoms with Gasteiger partial charge in [0, 0.05) is 18.9 Å². The third kappa shape index (κ3) is 2.83. The number of carbonyl (C=O) groups is 2.